The summed E-state index contributed by atoms with van der Waals surface area (Å²) < 4.78 is 13.2. The molecule has 0 aliphatic carbocycles. The summed E-state index contributed by atoms with van der Waals surface area (Å²) in [5, 5.41) is 16.1. The van der Waals surface area contributed by atoms with E-state index in [0.29, 0.717) is 5.69 Å². The molecule has 0 aliphatic heterocycles. The molecular formula is C18H18ClFN4O4. The van der Waals surface area contributed by atoms with Crippen molar-refractivity contribution in [3.05, 3.63) is 63.4 Å². The molecule has 2 rings (SSSR count). The lowest BCUT2D eigenvalue weighted by Crippen LogP contribution is -2.43. The number of nitrogens with zero attached hydrogens (tertiary/aromatic N) is 2. The molecule has 0 aromatic heterocycles. The van der Waals surface area contributed by atoms with E-state index in [-0.39, 0.29) is 22.9 Å². The highest BCUT2D eigenvalue weighted by atomic mass is 35.5. The van der Waals surface area contributed by atoms with Crippen molar-refractivity contribution in [3.8, 4) is 0 Å². The molecule has 28 heavy (non-hydrogen) atoms. The number of anilines is 2. The van der Waals surface area contributed by atoms with Crippen LogP contribution in [0.25, 0.3) is 0 Å². The van der Waals surface area contributed by atoms with Crippen LogP contribution in [-0.2, 0) is 9.59 Å². The molecule has 0 aliphatic rings. The van der Waals surface area contributed by atoms with Crippen LogP contribution in [0.2, 0.25) is 5.02 Å². The number of nitro benzene ring substituents is 1. The third kappa shape index (κ3) is 5.73. The molecule has 8 nitrogen and oxygen atoms in total. The van der Waals surface area contributed by atoms with Gasteiger partial charge >= 0.3 is 0 Å². The summed E-state index contributed by atoms with van der Waals surface area (Å²) in [4.78, 5) is 36.2. The summed E-state index contributed by atoms with van der Waals surface area (Å²) in [5.41, 5.74) is 0.194. The first-order chi connectivity index (χ1) is 13.2. The number of halogens is 2. The van der Waals surface area contributed by atoms with Crippen molar-refractivity contribution in [2.45, 2.75) is 13.0 Å². The van der Waals surface area contributed by atoms with Gasteiger partial charge in [-0.2, -0.15) is 0 Å². The molecule has 0 saturated heterocycles. The first-order valence-electron chi connectivity index (χ1n) is 8.18. The maximum Gasteiger partial charge on any atom is 0.271 e. The predicted octanol–water partition coefficient (Wildman–Crippen LogP) is 3.28. The van der Waals surface area contributed by atoms with Crippen molar-refractivity contribution in [1.29, 1.82) is 0 Å². The van der Waals surface area contributed by atoms with Crippen LogP contribution in [-0.4, -0.2) is 41.3 Å². The van der Waals surface area contributed by atoms with E-state index in [2.05, 4.69) is 10.6 Å². The topological polar surface area (TPSA) is 105 Å². The maximum atomic E-state index is 13.2. The normalized spacial score (nSPS) is 11.8. The Bertz CT molecular complexity index is 909. The fourth-order valence-corrected chi connectivity index (χ4v) is 2.45. The third-order valence-electron chi connectivity index (χ3n) is 3.96. The van der Waals surface area contributed by atoms with E-state index < -0.39 is 28.6 Å². The number of carbonyl (C=O) groups is 2. The highest BCUT2D eigenvalue weighted by Gasteiger charge is 2.22. The average molecular weight is 409 g/mol. The molecule has 1 atom stereocenters. The van der Waals surface area contributed by atoms with E-state index in [9.17, 15) is 24.1 Å². The largest absolute Gasteiger partial charge is 0.325 e. The molecule has 2 aromatic carbocycles. The second-order valence-electron chi connectivity index (χ2n) is 6.06. The van der Waals surface area contributed by atoms with E-state index in [4.69, 9.17) is 11.6 Å². The zero-order valence-corrected chi connectivity index (χ0v) is 15.9. The van der Waals surface area contributed by atoms with Crippen LogP contribution in [0.5, 0.6) is 0 Å². The van der Waals surface area contributed by atoms with Gasteiger partial charge in [-0.25, -0.2) is 4.39 Å². The van der Waals surface area contributed by atoms with Gasteiger partial charge in [-0.1, -0.05) is 17.7 Å². The Morgan fingerprint density at radius 1 is 1.25 bits per heavy atom. The fraction of sp³-hybridized carbons (Fsp3) is 0.222. The smallest absolute Gasteiger partial charge is 0.271 e. The van der Waals surface area contributed by atoms with Crippen molar-refractivity contribution in [2.24, 2.45) is 0 Å². The molecule has 10 heteroatoms. The number of likely N-dealkylation sites (N-methyl/N-ethyl adjacent to an activating group) is 1. The zero-order valence-electron chi connectivity index (χ0n) is 15.1. The van der Waals surface area contributed by atoms with Crippen LogP contribution >= 0.6 is 11.6 Å². The van der Waals surface area contributed by atoms with Crippen LogP contribution in [0, 0.1) is 15.9 Å². The van der Waals surface area contributed by atoms with Gasteiger partial charge in [0.25, 0.3) is 5.69 Å². The SMILES string of the molecule is C[C@@H](C(=O)Nc1cc([N+](=O)[O-])ccc1Cl)N(C)CC(=O)Nc1cccc(F)c1. The number of non-ortho nitro benzene ring substituents is 1. The van der Waals surface area contributed by atoms with Crippen molar-refractivity contribution in [1.82, 2.24) is 4.90 Å². The monoisotopic (exact) mass is 408 g/mol. The fourth-order valence-electron chi connectivity index (χ4n) is 2.29. The van der Waals surface area contributed by atoms with Gasteiger partial charge in [0.15, 0.2) is 0 Å². The van der Waals surface area contributed by atoms with Gasteiger partial charge in [0, 0.05) is 17.8 Å². The highest BCUT2D eigenvalue weighted by Crippen LogP contribution is 2.27. The zero-order chi connectivity index (χ0) is 20.8. The maximum absolute atomic E-state index is 13.2. The van der Waals surface area contributed by atoms with Gasteiger partial charge in [-0.15, -0.1) is 0 Å². The second-order valence-corrected chi connectivity index (χ2v) is 6.47. The molecule has 0 spiro atoms. The van der Waals surface area contributed by atoms with Gasteiger partial charge in [0.1, 0.15) is 5.82 Å². The summed E-state index contributed by atoms with van der Waals surface area (Å²) in [6.07, 6.45) is 0. The Morgan fingerprint density at radius 3 is 2.61 bits per heavy atom. The molecule has 0 heterocycles. The minimum Gasteiger partial charge on any atom is -0.325 e. The number of amides is 2. The molecule has 0 bridgehead atoms. The molecular weight excluding hydrogens is 391 g/mol. The van der Waals surface area contributed by atoms with Gasteiger partial charge in [-0.05, 0) is 38.2 Å². The Labute approximate surface area is 165 Å². The quantitative estimate of drug-likeness (QED) is 0.540. The van der Waals surface area contributed by atoms with Crippen LogP contribution in [0.15, 0.2) is 42.5 Å². The lowest BCUT2D eigenvalue weighted by Gasteiger charge is -2.23. The summed E-state index contributed by atoms with van der Waals surface area (Å²) in [7, 11) is 1.56. The summed E-state index contributed by atoms with van der Waals surface area (Å²) in [6.45, 7) is 1.43. The second kappa shape index (κ2) is 9.25. The average Bonchev–Trinajstić information content (AvgIpc) is 2.62. The number of carbonyl (C=O) groups excluding carboxylic acids is 2. The number of nitro groups is 1. The summed E-state index contributed by atoms with van der Waals surface area (Å²) in [6, 6.07) is 8.40. The molecule has 2 aromatic rings. The number of hydrogen-bond donors (Lipinski definition) is 2. The van der Waals surface area contributed by atoms with Crippen LogP contribution < -0.4 is 10.6 Å². The van der Waals surface area contributed by atoms with Crippen LogP contribution in [0.4, 0.5) is 21.5 Å². The first-order valence-corrected chi connectivity index (χ1v) is 8.55. The Morgan fingerprint density at radius 2 is 1.96 bits per heavy atom. The van der Waals surface area contributed by atoms with Crippen molar-refractivity contribution in [3.63, 3.8) is 0 Å². The molecule has 0 unspecified atom stereocenters. The first kappa shape index (κ1) is 21.3. The summed E-state index contributed by atoms with van der Waals surface area (Å²) >= 11 is 5.97. The molecule has 2 N–H and O–H groups in total. The van der Waals surface area contributed by atoms with E-state index >= 15 is 0 Å². The Hall–Kier alpha value is -3.04. The number of rotatable bonds is 7. The molecule has 0 fully saturated rings. The van der Waals surface area contributed by atoms with E-state index in [1.165, 1.54) is 35.2 Å². The van der Waals surface area contributed by atoms with Crippen molar-refractivity contribution in [2.75, 3.05) is 24.2 Å². The lowest BCUT2D eigenvalue weighted by molar-refractivity contribution is -0.384. The van der Waals surface area contributed by atoms with Crippen LogP contribution in [0.1, 0.15) is 6.92 Å². The third-order valence-corrected chi connectivity index (χ3v) is 4.29. The molecule has 2 amide bonds. The minimum absolute atomic E-state index is 0.102. The standard InChI is InChI=1S/C18H18ClFN4O4/c1-11(18(26)22-16-9-14(24(27)28)6-7-15(16)19)23(2)10-17(25)21-13-5-3-4-12(20)8-13/h3-9,11H,10H2,1-2H3,(H,21,25)(H,22,26)/t11-/m0/s1. The van der Waals surface area contributed by atoms with Crippen molar-refractivity contribution < 1.29 is 18.9 Å². The van der Waals surface area contributed by atoms with Crippen molar-refractivity contribution >= 4 is 40.5 Å². The van der Waals surface area contributed by atoms with Gasteiger partial charge in [0.05, 0.1) is 28.2 Å². The summed E-state index contributed by atoms with van der Waals surface area (Å²) in [5.74, 6) is -1.41. The highest BCUT2D eigenvalue weighted by molar-refractivity contribution is 6.33. The van der Waals surface area contributed by atoms with E-state index in [1.54, 1.807) is 20.0 Å². The molecule has 0 saturated carbocycles. The number of benzene rings is 2. The van der Waals surface area contributed by atoms with Gasteiger partial charge < -0.3 is 10.6 Å². The minimum atomic E-state index is -0.742. The van der Waals surface area contributed by atoms with Gasteiger partial charge in [0.2, 0.25) is 11.8 Å². The number of hydrogen-bond acceptors (Lipinski definition) is 5. The molecule has 148 valence electrons. The predicted molar refractivity (Wildman–Crippen MR) is 104 cm³/mol. The van der Waals surface area contributed by atoms with Crippen LogP contribution in [0.3, 0.4) is 0 Å². The van der Waals surface area contributed by atoms with E-state index in [1.807, 2.05) is 0 Å². The number of nitrogens with one attached hydrogen (secondary N) is 2. The van der Waals surface area contributed by atoms with E-state index in [0.717, 1.165) is 6.07 Å². The Balaban J connectivity index is 1.97. The molecule has 0 radical (unpaired) electrons. The van der Waals surface area contributed by atoms with Gasteiger partial charge in [-0.3, -0.25) is 24.6 Å². The Kier molecular flexibility index (Phi) is 7.02. The lowest BCUT2D eigenvalue weighted by atomic mass is 10.2.